The Morgan fingerprint density at radius 3 is 3.00 bits per heavy atom. The maximum atomic E-state index is 11.3. The number of esters is 1. The molecule has 0 radical (unpaired) electrons. The summed E-state index contributed by atoms with van der Waals surface area (Å²) in [6.45, 7) is 2.10. The minimum atomic E-state index is -0.692. The number of rotatable bonds is 2. The molecule has 0 fully saturated rings. The van der Waals surface area contributed by atoms with E-state index in [1.54, 1.807) is 0 Å². The predicted octanol–water partition coefficient (Wildman–Crippen LogP) is 2.05. The first-order valence-electron chi connectivity index (χ1n) is 4.87. The highest BCUT2D eigenvalue weighted by atomic mass is 16.5. The monoisotopic (exact) mass is 193 g/mol. The van der Waals surface area contributed by atoms with Crippen molar-refractivity contribution in [2.24, 2.45) is 11.8 Å². The molecule has 0 aromatic carbocycles. The lowest BCUT2D eigenvalue weighted by atomic mass is 9.85. The molecular formula is C11H15NO2. The van der Waals surface area contributed by atoms with E-state index in [0.717, 1.165) is 24.8 Å². The lowest BCUT2D eigenvalue weighted by molar-refractivity contribution is -0.142. The Hall–Kier alpha value is -1.30. The van der Waals surface area contributed by atoms with Crippen LogP contribution in [0.15, 0.2) is 11.6 Å². The van der Waals surface area contributed by atoms with Crippen LogP contribution in [0.25, 0.3) is 0 Å². The van der Waals surface area contributed by atoms with Crippen LogP contribution in [0.2, 0.25) is 0 Å². The quantitative estimate of drug-likeness (QED) is 0.498. The van der Waals surface area contributed by atoms with E-state index in [1.165, 1.54) is 7.11 Å². The molecule has 3 heteroatoms. The SMILES string of the molecule is COC(=O)C(C#N)C1=CC(C)CCC1. The molecule has 76 valence electrons. The molecule has 0 heterocycles. The molecule has 1 aliphatic rings. The molecule has 0 aliphatic heterocycles. The third kappa shape index (κ3) is 2.35. The number of methoxy groups -OCH3 is 1. The highest BCUT2D eigenvalue weighted by Gasteiger charge is 2.25. The van der Waals surface area contributed by atoms with E-state index in [4.69, 9.17) is 5.26 Å². The van der Waals surface area contributed by atoms with Crippen LogP contribution in [0, 0.1) is 23.2 Å². The largest absolute Gasteiger partial charge is 0.468 e. The number of nitriles is 1. The van der Waals surface area contributed by atoms with Crippen molar-refractivity contribution in [2.75, 3.05) is 7.11 Å². The molecule has 0 spiro atoms. The van der Waals surface area contributed by atoms with Crippen molar-refractivity contribution >= 4 is 5.97 Å². The minimum Gasteiger partial charge on any atom is -0.468 e. The van der Waals surface area contributed by atoms with Gasteiger partial charge in [0.25, 0.3) is 0 Å². The van der Waals surface area contributed by atoms with E-state index in [9.17, 15) is 4.79 Å². The zero-order valence-electron chi connectivity index (χ0n) is 8.62. The van der Waals surface area contributed by atoms with Gasteiger partial charge in [-0.15, -0.1) is 0 Å². The van der Waals surface area contributed by atoms with Crippen LogP contribution in [0.3, 0.4) is 0 Å². The number of ether oxygens (including phenoxy) is 1. The van der Waals surface area contributed by atoms with Gasteiger partial charge in [0, 0.05) is 0 Å². The molecule has 0 saturated heterocycles. The second-order valence-corrected chi connectivity index (χ2v) is 3.70. The molecule has 1 rings (SSSR count). The van der Waals surface area contributed by atoms with E-state index in [2.05, 4.69) is 11.7 Å². The van der Waals surface area contributed by atoms with Gasteiger partial charge in [0.05, 0.1) is 13.2 Å². The number of hydrogen-bond acceptors (Lipinski definition) is 3. The molecule has 0 bridgehead atoms. The molecule has 2 atom stereocenters. The Morgan fingerprint density at radius 2 is 2.50 bits per heavy atom. The molecule has 3 nitrogen and oxygen atoms in total. The average molecular weight is 193 g/mol. The Morgan fingerprint density at radius 1 is 1.79 bits per heavy atom. The second kappa shape index (κ2) is 4.80. The fourth-order valence-corrected chi connectivity index (χ4v) is 1.81. The van der Waals surface area contributed by atoms with Gasteiger partial charge in [0.1, 0.15) is 0 Å². The molecule has 14 heavy (non-hydrogen) atoms. The Labute approximate surface area is 84.4 Å². The zero-order valence-corrected chi connectivity index (χ0v) is 8.62. The summed E-state index contributed by atoms with van der Waals surface area (Å²) in [4.78, 5) is 11.3. The van der Waals surface area contributed by atoms with Crippen molar-refractivity contribution in [2.45, 2.75) is 26.2 Å². The summed E-state index contributed by atoms with van der Waals surface area (Å²) >= 11 is 0. The molecule has 1 aliphatic carbocycles. The maximum absolute atomic E-state index is 11.3. The van der Waals surface area contributed by atoms with Gasteiger partial charge in [-0.25, -0.2) is 0 Å². The molecule has 0 aromatic heterocycles. The van der Waals surface area contributed by atoms with Crippen LogP contribution in [0.5, 0.6) is 0 Å². The van der Waals surface area contributed by atoms with Crippen LogP contribution in [0.4, 0.5) is 0 Å². The number of carbonyl (C=O) groups is 1. The molecule has 2 unspecified atom stereocenters. The lowest BCUT2D eigenvalue weighted by Gasteiger charge is -2.19. The van der Waals surface area contributed by atoms with E-state index in [1.807, 2.05) is 12.1 Å². The van der Waals surface area contributed by atoms with Crippen LogP contribution < -0.4 is 0 Å². The van der Waals surface area contributed by atoms with Crippen LogP contribution in [-0.4, -0.2) is 13.1 Å². The van der Waals surface area contributed by atoms with E-state index in [-0.39, 0.29) is 0 Å². The summed E-state index contributed by atoms with van der Waals surface area (Å²) in [5.74, 6) is -0.658. The first kappa shape index (κ1) is 10.8. The van der Waals surface area contributed by atoms with Gasteiger partial charge < -0.3 is 4.74 Å². The van der Waals surface area contributed by atoms with Crippen molar-refractivity contribution in [3.63, 3.8) is 0 Å². The normalized spacial score (nSPS) is 23.2. The van der Waals surface area contributed by atoms with E-state index < -0.39 is 11.9 Å². The minimum absolute atomic E-state index is 0.437. The van der Waals surface area contributed by atoms with Crippen LogP contribution >= 0.6 is 0 Å². The molecule has 0 N–H and O–H groups in total. The van der Waals surface area contributed by atoms with Gasteiger partial charge in [-0.2, -0.15) is 5.26 Å². The third-order valence-electron chi connectivity index (χ3n) is 2.56. The smallest absolute Gasteiger partial charge is 0.327 e. The maximum Gasteiger partial charge on any atom is 0.327 e. The fraction of sp³-hybridized carbons (Fsp3) is 0.636. The van der Waals surface area contributed by atoms with Crippen molar-refractivity contribution in [1.29, 1.82) is 5.26 Å². The van der Waals surface area contributed by atoms with Crippen molar-refractivity contribution in [3.8, 4) is 6.07 Å². The fourth-order valence-electron chi connectivity index (χ4n) is 1.81. The number of hydrogen-bond donors (Lipinski definition) is 0. The summed E-state index contributed by atoms with van der Waals surface area (Å²) in [5, 5.41) is 8.87. The van der Waals surface area contributed by atoms with Crippen LogP contribution in [0.1, 0.15) is 26.2 Å². The van der Waals surface area contributed by atoms with Crippen molar-refractivity contribution in [3.05, 3.63) is 11.6 Å². The standard InChI is InChI=1S/C11H15NO2/c1-8-4-3-5-9(6-8)10(7-12)11(13)14-2/h6,8,10H,3-5H2,1-2H3. The summed E-state index contributed by atoms with van der Waals surface area (Å²) in [6, 6.07) is 2.00. The summed E-state index contributed by atoms with van der Waals surface area (Å²) in [5.41, 5.74) is 0.929. The molecule has 0 amide bonds. The van der Waals surface area contributed by atoms with E-state index >= 15 is 0 Å². The Balaban J connectivity index is 2.80. The molecule has 0 aromatic rings. The Bertz CT molecular complexity index is 288. The van der Waals surface area contributed by atoms with Gasteiger partial charge >= 0.3 is 5.97 Å². The topological polar surface area (TPSA) is 50.1 Å². The Kier molecular flexibility index (Phi) is 3.70. The number of nitrogens with zero attached hydrogens (tertiary/aromatic N) is 1. The van der Waals surface area contributed by atoms with Gasteiger partial charge in [-0.05, 0) is 30.8 Å². The van der Waals surface area contributed by atoms with E-state index in [0.29, 0.717) is 5.92 Å². The highest BCUT2D eigenvalue weighted by molar-refractivity contribution is 5.78. The number of allylic oxidation sites excluding steroid dienone is 1. The molecule has 0 saturated carbocycles. The summed E-state index contributed by atoms with van der Waals surface area (Å²) < 4.78 is 4.59. The van der Waals surface area contributed by atoms with Crippen LogP contribution in [-0.2, 0) is 9.53 Å². The third-order valence-corrected chi connectivity index (χ3v) is 2.56. The lowest BCUT2D eigenvalue weighted by Crippen LogP contribution is -2.19. The van der Waals surface area contributed by atoms with Crippen molar-refractivity contribution < 1.29 is 9.53 Å². The van der Waals surface area contributed by atoms with Gasteiger partial charge in [0.15, 0.2) is 5.92 Å². The summed E-state index contributed by atoms with van der Waals surface area (Å²) in [6.07, 6.45) is 5.08. The zero-order chi connectivity index (χ0) is 10.6. The van der Waals surface area contributed by atoms with Gasteiger partial charge in [-0.1, -0.05) is 13.0 Å². The number of carbonyl (C=O) groups excluding carboxylic acids is 1. The van der Waals surface area contributed by atoms with Crippen molar-refractivity contribution in [1.82, 2.24) is 0 Å². The van der Waals surface area contributed by atoms with Gasteiger partial charge in [-0.3, -0.25) is 4.79 Å². The molecular weight excluding hydrogens is 178 g/mol. The average Bonchev–Trinajstić information content (AvgIpc) is 2.19. The van der Waals surface area contributed by atoms with Gasteiger partial charge in [0.2, 0.25) is 0 Å². The first-order chi connectivity index (χ1) is 6.69. The predicted molar refractivity (Wildman–Crippen MR) is 52.2 cm³/mol. The summed E-state index contributed by atoms with van der Waals surface area (Å²) in [7, 11) is 1.32. The first-order valence-corrected chi connectivity index (χ1v) is 4.87. The highest BCUT2D eigenvalue weighted by Crippen LogP contribution is 2.27. The second-order valence-electron chi connectivity index (χ2n) is 3.70.